The van der Waals surface area contributed by atoms with Crippen LogP contribution in [0.2, 0.25) is 0 Å². The molecule has 0 aliphatic heterocycles. The number of rotatable bonds is 2. The summed E-state index contributed by atoms with van der Waals surface area (Å²) >= 11 is 0. The van der Waals surface area contributed by atoms with Crippen molar-refractivity contribution in [1.29, 1.82) is 0 Å². The highest BCUT2D eigenvalue weighted by Gasteiger charge is 2.07. The van der Waals surface area contributed by atoms with Gasteiger partial charge in [0.2, 0.25) is 5.88 Å². The molecule has 7 nitrogen and oxygen atoms in total. The molecule has 3 aromatic heterocycles. The predicted octanol–water partition coefficient (Wildman–Crippen LogP) is 2.95. The standard InChI is InChI=1S/C16H10N6O/c1-2-4-13-11(3-1)12-6-5-10(9-14(12)17-13)23-16-8-7-15-18-20-21-22(15)19-16/h1-9,17H. The molecule has 3 heterocycles. The molecule has 5 rings (SSSR count). The lowest BCUT2D eigenvalue weighted by molar-refractivity contribution is 0.447. The van der Waals surface area contributed by atoms with Gasteiger partial charge in [0.15, 0.2) is 5.65 Å². The Kier molecular flexibility index (Phi) is 2.37. The molecule has 110 valence electrons. The lowest BCUT2D eigenvalue weighted by Crippen LogP contribution is -1.97. The topological polar surface area (TPSA) is 81.0 Å². The van der Waals surface area contributed by atoms with Crippen molar-refractivity contribution in [1.82, 2.24) is 30.2 Å². The van der Waals surface area contributed by atoms with E-state index >= 15 is 0 Å². The zero-order chi connectivity index (χ0) is 15.2. The highest BCUT2D eigenvalue weighted by molar-refractivity contribution is 6.07. The number of tetrazole rings is 1. The van der Waals surface area contributed by atoms with Gasteiger partial charge in [0.1, 0.15) is 5.75 Å². The first-order valence-corrected chi connectivity index (χ1v) is 7.11. The van der Waals surface area contributed by atoms with Crippen LogP contribution in [0.5, 0.6) is 11.6 Å². The van der Waals surface area contributed by atoms with Gasteiger partial charge >= 0.3 is 0 Å². The third-order valence-corrected chi connectivity index (χ3v) is 3.75. The molecule has 5 aromatic rings. The molecule has 0 spiro atoms. The quantitative estimate of drug-likeness (QED) is 0.542. The van der Waals surface area contributed by atoms with Gasteiger partial charge in [-0.1, -0.05) is 18.2 Å². The number of nitrogens with one attached hydrogen (secondary N) is 1. The van der Waals surface area contributed by atoms with Crippen LogP contribution in [0.1, 0.15) is 0 Å². The third-order valence-electron chi connectivity index (χ3n) is 3.75. The first-order valence-electron chi connectivity index (χ1n) is 7.11. The molecule has 2 aromatic carbocycles. The SMILES string of the molecule is c1ccc2c(c1)[nH]c1cc(Oc3ccc4nnnn4n3)ccc12. The van der Waals surface area contributed by atoms with E-state index in [2.05, 4.69) is 37.7 Å². The maximum absolute atomic E-state index is 5.81. The monoisotopic (exact) mass is 302 g/mol. The van der Waals surface area contributed by atoms with Crippen molar-refractivity contribution in [3.05, 3.63) is 54.6 Å². The van der Waals surface area contributed by atoms with Crippen molar-refractivity contribution in [2.24, 2.45) is 0 Å². The molecule has 0 aliphatic rings. The van der Waals surface area contributed by atoms with E-state index in [0.29, 0.717) is 17.3 Å². The van der Waals surface area contributed by atoms with Crippen LogP contribution in [0.25, 0.3) is 27.5 Å². The van der Waals surface area contributed by atoms with E-state index in [9.17, 15) is 0 Å². The zero-order valence-corrected chi connectivity index (χ0v) is 11.8. The van der Waals surface area contributed by atoms with Crippen molar-refractivity contribution in [3.8, 4) is 11.6 Å². The summed E-state index contributed by atoms with van der Waals surface area (Å²) in [6, 6.07) is 17.6. The Morgan fingerprint density at radius 3 is 2.83 bits per heavy atom. The number of hydrogen-bond donors (Lipinski definition) is 1. The van der Waals surface area contributed by atoms with Gasteiger partial charge in [-0.2, -0.15) is 0 Å². The number of hydrogen-bond acceptors (Lipinski definition) is 5. The highest BCUT2D eigenvalue weighted by Crippen LogP contribution is 2.29. The number of para-hydroxylation sites is 1. The number of benzene rings is 2. The molecule has 0 saturated carbocycles. The summed E-state index contributed by atoms with van der Waals surface area (Å²) in [6.07, 6.45) is 0. The minimum Gasteiger partial charge on any atom is -0.437 e. The predicted molar refractivity (Wildman–Crippen MR) is 84.5 cm³/mol. The van der Waals surface area contributed by atoms with Crippen LogP contribution in [0, 0.1) is 0 Å². The molecule has 0 saturated heterocycles. The van der Waals surface area contributed by atoms with E-state index in [4.69, 9.17) is 4.74 Å². The van der Waals surface area contributed by atoms with Crippen LogP contribution in [0.3, 0.4) is 0 Å². The van der Waals surface area contributed by atoms with E-state index < -0.39 is 0 Å². The molecule has 23 heavy (non-hydrogen) atoms. The summed E-state index contributed by atoms with van der Waals surface area (Å²) in [7, 11) is 0. The fraction of sp³-hybridized carbons (Fsp3) is 0. The van der Waals surface area contributed by atoms with Gasteiger partial charge in [0.05, 0.1) is 5.52 Å². The van der Waals surface area contributed by atoms with Crippen LogP contribution >= 0.6 is 0 Å². The van der Waals surface area contributed by atoms with E-state index in [0.717, 1.165) is 16.4 Å². The van der Waals surface area contributed by atoms with Crippen molar-refractivity contribution in [2.45, 2.75) is 0 Å². The van der Waals surface area contributed by atoms with Gasteiger partial charge < -0.3 is 9.72 Å². The molecule has 0 aliphatic carbocycles. The molecule has 0 amide bonds. The van der Waals surface area contributed by atoms with Crippen molar-refractivity contribution in [3.63, 3.8) is 0 Å². The Hall–Kier alpha value is -3.48. The number of H-pyrrole nitrogens is 1. The van der Waals surface area contributed by atoms with Crippen molar-refractivity contribution >= 4 is 27.5 Å². The number of nitrogens with zero attached hydrogens (tertiary/aromatic N) is 5. The molecule has 7 heteroatoms. The molecular weight excluding hydrogens is 292 g/mol. The van der Waals surface area contributed by atoms with Crippen LogP contribution in [-0.4, -0.2) is 30.2 Å². The second-order valence-corrected chi connectivity index (χ2v) is 5.18. The number of fused-ring (bicyclic) bond motifs is 4. The van der Waals surface area contributed by atoms with Crippen LogP contribution in [0.4, 0.5) is 0 Å². The minimum atomic E-state index is 0.431. The lowest BCUT2D eigenvalue weighted by Gasteiger charge is -2.04. The molecule has 1 N–H and O–H groups in total. The van der Waals surface area contributed by atoms with E-state index in [1.807, 2.05) is 30.3 Å². The molecule has 0 unspecified atom stereocenters. The average Bonchev–Trinajstić information content (AvgIpc) is 3.17. The number of ether oxygens (including phenoxy) is 1. The highest BCUT2D eigenvalue weighted by atomic mass is 16.5. The molecule has 0 bridgehead atoms. The normalized spacial score (nSPS) is 11.5. The second-order valence-electron chi connectivity index (χ2n) is 5.18. The molecule has 0 atom stereocenters. The van der Waals surface area contributed by atoms with Crippen LogP contribution in [-0.2, 0) is 0 Å². The van der Waals surface area contributed by atoms with E-state index in [1.54, 1.807) is 12.1 Å². The summed E-state index contributed by atoms with van der Waals surface area (Å²) in [4.78, 5) is 3.39. The van der Waals surface area contributed by atoms with Crippen molar-refractivity contribution < 1.29 is 4.74 Å². The van der Waals surface area contributed by atoms with Gasteiger partial charge in [-0.15, -0.1) is 14.8 Å². The van der Waals surface area contributed by atoms with E-state index in [1.165, 1.54) is 10.0 Å². The largest absolute Gasteiger partial charge is 0.437 e. The Balaban J connectivity index is 1.58. The first-order chi connectivity index (χ1) is 11.4. The fourth-order valence-electron chi connectivity index (χ4n) is 2.71. The minimum absolute atomic E-state index is 0.431. The van der Waals surface area contributed by atoms with Gasteiger partial charge in [-0.3, -0.25) is 0 Å². The smallest absolute Gasteiger partial charge is 0.239 e. The maximum Gasteiger partial charge on any atom is 0.239 e. The molecular formula is C16H10N6O. The van der Waals surface area contributed by atoms with Crippen LogP contribution in [0.15, 0.2) is 54.6 Å². The fourth-order valence-corrected chi connectivity index (χ4v) is 2.71. The molecule has 0 radical (unpaired) electrons. The van der Waals surface area contributed by atoms with Crippen LogP contribution < -0.4 is 4.74 Å². The Labute approximate surface area is 129 Å². The Bertz CT molecular complexity index is 1160. The van der Waals surface area contributed by atoms with Crippen molar-refractivity contribution in [2.75, 3.05) is 0 Å². The van der Waals surface area contributed by atoms with Gasteiger partial charge in [0.25, 0.3) is 0 Å². The third kappa shape index (κ3) is 1.90. The van der Waals surface area contributed by atoms with Gasteiger partial charge in [-0.05, 0) is 34.7 Å². The summed E-state index contributed by atoms with van der Waals surface area (Å²) < 4.78 is 7.14. The second kappa shape index (κ2) is 4.51. The average molecular weight is 302 g/mol. The first kappa shape index (κ1) is 12.1. The summed E-state index contributed by atoms with van der Waals surface area (Å²) in [5.74, 6) is 1.13. The lowest BCUT2D eigenvalue weighted by atomic mass is 10.1. The maximum atomic E-state index is 5.81. The number of aromatic nitrogens is 6. The molecule has 0 fully saturated rings. The Morgan fingerprint density at radius 1 is 0.913 bits per heavy atom. The van der Waals surface area contributed by atoms with Gasteiger partial charge in [-0.25, -0.2) is 0 Å². The summed E-state index contributed by atoms with van der Waals surface area (Å²) in [5, 5.41) is 17.7. The summed E-state index contributed by atoms with van der Waals surface area (Å²) in [6.45, 7) is 0. The number of aromatic amines is 1. The van der Waals surface area contributed by atoms with E-state index in [-0.39, 0.29) is 0 Å². The van der Waals surface area contributed by atoms with Gasteiger partial charge in [0, 0.05) is 28.4 Å². The zero-order valence-electron chi connectivity index (χ0n) is 11.8. The Morgan fingerprint density at radius 2 is 1.83 bits per heavy atom. The summed E-state index contributed by atoms with van der Waals surface area (Å²) in [5.41, 5.74) is 2.70.